The van der Waals surface area contributed by atoms with Crippen LogP contribution in [0.15, 0.2) is 12.2 Å². The normalized spacial score (nSPS) is 13.7. The lowest BCUT2D eigenvalue weighted by molar-refractivity contribution is -0.870. The van der Waals surface area contributed by atoms with Crippen LogP contribution < -0.4 is 4.89 Å². The summed E-state index contributed by atoms with van der Waals surface area (Å²) < 4.78 is 34.7. The van der Waals surface area contributed by atoms with Crippen LogP contribution in [0.3, 0.4) is 0 Å². The summed E-state index contributed by atoms with van der Waals surface area (Å²) in [4.78, 5) is 25.1. The first-order valence-corrected chi connectivity index (χ1v) is 26.4. The zero-order valence-electron chi connectivity index (χ0n) is 39.3. The molecule has 0 saturated heterocycles. The first kappa shape index (κ1) is 57.2. The van der Waals surface area contributed by atoms with Gasteiger partial charge in [-0.3, -0.25) is 9.36 Å². The fourth-order valence-electron chi connectivity index (χ4n) is 7.19. The van der Waals surface area contributed by atoms with Gasteiger partial charge >= 0.3 is 5.97 Å². The van der Waals surface area contributed by atoms with Gasteiger partial charge in [0.25, 0.3) is 7.82 Å². The number of likely N-dealkylation sites (N-methyl/N-ethyl adjacent to an activating group) is 1. The van der Waals surface area contributed by atoms with E-state index in [0.717, 1.165) is 32.1 Å². The summed E-state index contributed by atoms with van der Waals surface area (Å²) in [6, 6.07) is 0. The Bertz CT molecular complexity index is 940. The van der Waals surface area contributed by atoms with Crippen molar-refractivity contribution in [3.05, 3.63) is 12.2 Å². The predicted molar refractivity (Wildman–Crippen MR) is 245 cm³/mol. The van der Waals surface area contributed by atoms with Crippen LogP contribution in [0.4, 0.5) is 0 Å². The topological polar surface area (TPSA) is 94.1 Å². The van der Waals surface area contributed by atoms with Crippen molar-refractivity contribution in [3.8, 4) is 0 Å². The van der Waals surface area contributed by atoms with Crippen LogP contribution in [0, 0.1) is 0 Å². The van der Waals surface area contributed by atoms with E-state index in [4.69, 9.17) is 18.5 Å². The molecule has 0 aromatic rings. The molecule has 2 unspecified atom stereocenters. The Morgan fingerprint density at radius 1 is 0.517 bits per heavy atom. The Kier molecular flexibility index (Phi) is 42.3. The average molecular weight is 844 g/mol. The minimum absolute atomic E-state index is 0.0284. The molecule has 0 aromatic carbocycles. The van der Waals surface area contributed by atoms with Crippen molar-refractivity contribution in [1.82, 2.24) is 0 Å². The third-order valence-electron chi connectivity index (χ3n) is 11.1. The summed E-state index contributed by atoms with van der Waals surface area (Å²) in [7, 11) is 1.37. The highest BCUT2D eigenvalue weighted by Crippen LogP contribution is 2.38. The van der Waals surface area contributed by atoms with Gasteiger partial charge in [0.2, 0.25) is 0 Å². The van der Waals surface area contributed by atoms with Crippen LogP contribution in [0.25, 0.3) is 0 Å². The lowest BCUT2D eigenvalue weighted by atomic mass is 10.0. The van der Waals surface area contributed by atoms with Gasteiger partial charge in [-0.1, -0.05) is 206 Å². The maximum atomic E-state index is 12.7. The van der Waals surface area contributed by atoms with Crippen molar-refractivity contribution in [3.63, 3.8) is 0 Å². The number of allylic oxidation sites excluding steroid dienone is 2. The summed E-state index contributed by atoms with van der Waals surface area (Å²) in [5, 5.41) is 0. The lowest BCUT2D eigenvalue weighted by Gasteiger charge is -2.28. The number of esters is 1. The first-order chi connectivity index (χ1) is 28.1. The standard InChI is InChI=1S/C49H98NO7P/c1-6-8-10-12-14-16-18-20-22-23-24-25-26-27-28-30-32-34-36-38-40-42-49(51)57-48(47-56-58(52,53)55-45-43-50(3,4)5)46-54-44-41-39-37-35-33-31-29-21-19-17-15-13-11-9-7-2/h19,21,48H,6-18,20,22-47H2,1-5H3/b21-19-. The van der Waals surface area contributed by atoms with E-state index in [-0.39, 0.29) is 25.8 Å². The Labute approximate surface area is 360 Å². The van der Waals surface area contributed by atoms with Gasteiger partial charge < -0.3 is 27.9 Å². The van der Waals surface area contributed by atoms with E-state index in [9.17, 15) is 14.3 Å². The minimum atomic E-state index is -4.52. The van der Waals surface area contributed by atoms with Crippen LogP contribution in [0.2, 0.25) is 0 Å². The molecule has 0 bridgehead atoms. The molecular weight excluding hydrogens is 746 g/mol. The Morgan fingerprint density at radius 3 is 1.31 bits per heavy atom. The van der Waals surface area contributed by atoms with Crippen molar-refractivity contribution in [2.75, 3.05) is 54.1 Å². The molecule has 0 saturated carbocycles. The molecule has 0 rings (SSSR count). The van der Waals surface area contributed by atoms with Crippen molar-refractivity contribution in [2.24, 2.45) is 0 Å². The largest absolute Gasteiger partial charge is 0.756 e. The predicted octanol–water partition coefficient (Wildman–Crippen LogP) is 14.4. The Morgan fingerprint density at radius 2 is 0.897 bits per heavy atom. The molecule has 0 aliphatic carbocycles. The zero-order valence-corrected chi connectivity index (χ0v) is 40.2. The van der Waals surface area contributed by atoms with E-state index in [1.165, 1.54) is 186 Å². The van der Waals surface area contributed by atoms with Gasteiger partial charge in [0.1, 0.15) is 19.3 Å². The first-order valence-electron chi connectivity index (χ1n) is 24.9. The zero-order chi connectivity index (χ0) is 42.7. The van der Waals surface area contributed by atoms with Gasteiger partial charge in [0.05, 0.1) is 34.4 Å². The molecule has 0 amide bonds. The number of hydrogen-bond acceptors (Lipinski definition) is 7. The summed E-state index contributed by atoms with van der Waals surface area (Å²) in [6.07, 6.45) is 48.0. The summed E-state index contributed by atoms with van der Waals surface area (Å²) in [5.74, 6) is -0.330. The molecule has 0 aromatic heterocycles. The van der Waals surface area contributed by atoms with Gasteiger partial charge in [-0.2, -0.15) is 0 Å². The second kappa shape index (κ2) is 42.9. The van der Waals surface area contributed by atoms with Crippen LogP contribution in [-0.4, -0.2) is 70.7 Å². The smallest absolute Gasteiger partial charge is 0.306 e. The number of nitrogens with zero attached hydrogens (tertiary/aromatic N) is 1. The van der Waals surface area contributed by atoms with E-state index in [1.807, 2.05) is 21.1 Å². The van der Waals surface area contributed by atoms with Crippen LogP contribution in [0.5, 0.6) is 0 Å². The quantitative estimate of drug-likeness (QED) is 0.0198. The van der Waals surface area contributed by atoms with Crippen LogP contribution in [-0.2, 0) is 27.9 Å². The summed E-state index contributed by atoms with van der Waals surface area (Å²) >= 11 is 0. The van der Waals surface area contributed by atoms with E-state index < -0.39 is 13.9 Å². The molecule has 0 heterocycles. The lowest BCUT2D eigenvalue weighted by Crippen LogP contribution is -2.37. The van der Waals surface area contributed by atoms with E-state index in [2.05, 4.69) is 26.0 Å². The molecule has 0 spiro atoms. The number of unbranched alkanes of at least 4 members (excludes halogenated alkanes) is 31. The average Bonchev–Trinajstić information content (AvgIpc) is 3.18. The molecule has 8 nitrogen and oxygen atoms in total. The summed E-state index contributed by atoms with van der Waals surface area (Å²) in [5.41, 5.74) is 0. The van der Waals surface area contributed by atoms with Crippen LogP contribution in [0.1, 0.15) is 239 Å². The Hall–Kier alpha value is -0.760. The second-order valence-corrected chi connectivity index (χ2v) is 19.6. The number of quaternary nitrogens is 1. The van der Waals surface area contributed by atoms with Crippen molar-refractivity contribution in [2.45, 2.75) is 245 Å². The summed E-state index contributed by atoms with van der Waals surface area (Å²) in [6.45, 7) is 5.44. The third-order valence-corrected chi connectivity index (χ3v) is 12.0. The van der Waals surface area contributed by atoms with Gasteiger partial charge in [-0.25, -0.2) is 0 Å². The molecular formula is C49H98NO7P. The van der Waals surface area contributed by atoms with Crippen molar-refractivity contribution < 1.29 is 37.3 Å². The molecule has 2 atom stereocenters. The highest BCUT2D eigenvalue weighted by atomic mass is 31.2. The van der Waals surface area contributed by atoms with Gasteiger partial charge in [-0.05, 0) is 38.5 Å². The number of carbonyl (C=O) groups is 1. The maximum Gasteiger partial charge on any atom is 0.306 e. The molecule has 0 N–H and O–H groups in total. The number of ether oxygens (including phenoxy) is 2. The third kappa shape index (κ3) is 46.3. The fourth-order valence-corrected chi connectivity index (χ4v) is 7.92. The van der Waals surface area contributed by atoms with Gasteiger partial charge in [-0.15, -0.1) is 0 Å². The van der Waals surface area contributed by atoms with E-state index >= 15 is 0 Å². The minimum Gasteiger partial charge on any atom is -0.756 e. The van der Waals surface area contributed by atoms with Crippen molar-refractivity contribution in [1.29, 1.82) is 0 Å². The highest BCUT2D eigenvalue weighted by Gasteiger charge is 2.20. The second-order valence-electron chi connectivity index (χ2n) is 18.2. The number of hydrogen-bond donors (Lipinski definition) is 0. The van der Waals surface area contributed by atoms with Crippen LogP contribution >= 0.6 is 7.82 Å². The molecule has 346 valence electrons. The molecule has 0 fully saturated rings. The number of phosphoric ester groups is 1. The Balaban J connectivity index is 4.11. The SMILES string of the molecule is CCCCCCC/C=C\CCCCCCCCOCC(COP(=O)([O-])OCC[N+](C)(C)C)OC(=O)CCCCCCCCCCCCCCCCCCCCCCC. The monoisotopic (exact) mass is 844 g/mol. The molecule has 9 heteroatoms. The van der Waals surface area contributed by atoms with E-state index in [0.29, 0.717) is 24.1 Å². The van der Waals surface area contributed by atoms with Crippen molar-refractivity contribution >= 4 is 13.8 Å². The highest BCUT2D eigenvalue weighted by molar-refractivity contribution is 7.45. The maximum absolute atomic E-state index is 12.7. The molecule has 0 aliphatic rings. The molecule has 0 aliphatic heterocycles. The number of rotatable bonds is 47. The van der Waals surface area contributed by atoms with E-state index in [1.54, 1.807) is 0 Å². The number of carbonyl (C=O) groups excluding carboxylic acids is 1. The fraction of sp³-hybridized carbons (Fsp3) is 0.939. The molecule has 0 radical (unpaired) electrons. The van der Waals surface area contributed by atoms with Gasteiger partial charge in [0, 0.05) is 13.0 Å². The number of phosphoric acid groups is 1. The van der Waals surface area contributed by atoms with Gasteiger partial charge in [0.15, 0.2) is 0 Å². The molecule has 58 heavy (non-hydrogen) atoms.